The van der Waals surface area contributed by atoms with Crippen molar-refractivity contribution in [2.45, 2.75) is 53.1 Å². The molecule has 0 radical (unpaired) electrons. The van der Waals surface area contributed by atoms with E-state index in [1.807, 2.05) is 20.8 Å². The number of hydrogen-bond acceptors (Lipinski definition) is 3. The molecule has 1 rings (SSSR count). The highest BCUT2D eigenvalue weighted by Crippen LogP contribution is 2.27. The summed E-state index contributed by atoms with van der Waals surface area (Å²) in [4.78, 5) is 3.94. The monoisotopic (exact) mass is 237 g/mol. The van der Waals surface area contributed by atoms with E-state index in [1.54, 1.807) is 11.0 Å². The molecule has 17 heavy (non-hydrogen) atoms. The SMILES string of the molecule is CCCC/C=C(/C(O)C(C)(C)C)n1cncn1. The van der Waals surface area contributed by atoms with Crippen LogP contribution in [0, 0.1) is 5.41 Å². The molecule has 4 nitrogen and oxygen atoms in total. The van der Waals surface area contributed by atoms with Gasteiger partial charge in [-0.3, -0.25) is 0 Å². The minimum Gasteiger partial charge on any atom is -0.386 e. The molecule has 1 aromatic rings. The summed E-state index contributed by atoms with van der Waals surface area (Å²) in [7, 11) is 0. The Morgan fingerprint density at radius 3 is 2.65 bits per heavy atom. The Bertz CT molecular complexity index is 349. The summed E-state index contributed by atoms with van der Waals surface area (Å²) in [5.74, 6) is 0. The lowest BCUT2D eigenvalue weighted by Crippen LogP contribution is -2.29. The van der Waals surface area contributed by atoms with Gasteiger partial charge in [0.15, 0.2) is 0 Å². The van der Waals surface area contributed by atoms with Crippen molar-refractivity contribution in [1.82, 2.24) is 14.8 Å². The smallest absolute Gasteiger partial charge is 0.138 e. The van der Waals surface area contributed by atoms with Crippen molar-refractivity contribution in [1.29, 1.82) is 0 Å². The van der Waals surface area contributed by atoms with Gasteiger partial charge in [0, 0.05) is 0 Å². The molecule has 0 saturated heterocycles. The molecule has 0 saturated carbocycles. The van der Waals surface area contributed by atoms with Crippen molar-refractivity contribution >= 4 is 5.70 Å². The Morgan fingerprint density at radius 1 is 1.47 bits per heavy atom. The molecule has 96 valence electrons. The fourth-order valence-electron chi connectivity index (χ4n) is 1.57. The third-order valence-corrected chi connectivity index (χ3v) is 2.69. The lowest BCUT2D eigenvalue weighted by molar-refractivity contribution is 0.108. The molecule has 1 aromatic heterocycles. The Kier molecular flexibility index (Phi) is 4.87. The molecule has 0 spiro atoms. The van der Waals surface area contributed by atoms with E-state index in [1.165, 1.54) is 6.33 Å². The van der Waals surface area contributed by atoms with E-state index in [-0.39, 0.29) is 5.41 Å². The number of aliphatic hydroxyl groups is 1. The van der Waals surface area contributed by atoms with Gasteiger partial charge in [0.25, 0.3) is 0 Å². The first-order valence-electron chi connectivity index (χ1n) is 6.20. The molecule has 4 heteroatoms. The average molecular weight is 237 g/mol. The maximum atomic E-state index is 10.4. The van der Waals surface area contributed by atoms with E-state index in [4.69, 9.17) is 0 Å². The highest BCUT2D eigenvalue weighted by Gasteiger charge is 2.27. The number of hydrogen-bond donors (Lipinski definition) is 1. The van der Waals surface area contributed by atoms with Gasteiger partial charge in [0.2, 0.25) is 0 Å². The van der Waals surface area contributed by atoms with Gasteiger partial charge in [-0.1, -0.05) is 46.6 Å². The summed E-state index contributed by atoms with van der Waals surface area (Å²) in [5.41, 5.74) is 0.618. The quantitative estimate of drug-likeness (QED) is 0.801. The first kappa shape index (κ1) is 13.9. The van der Waals surface area contributed by atoms with Crippen molar-refractivity contribution in [2.24, 2.45) is 5.41 Å². The summed E-state index contributed by atoms with van der Waals surface area (Å²) < 4.78 is 1.66. The van der Waals surface area contributed by atoms with E-state index < -0.39 is 6.10 Å². The Morgan fingerprint density at radius 2 is 2.18 bits per heavy atom. The van der Waals surface area contributed by atoms with Crippen LogP contribution in [-0.2, 0) is 0 Å². The molecule has 1 N–H and O–H groups in total. The molecule has 0 aliphatic rings. The predicted molar refractivity (Wildman–Crippen MR) is 69.3 cm³/mol. The first-order chi connectivity index (χ1) is 7.96. The number of rotatable bonds is 5. The fraction of sp³-hybridized carbons (Fsp3) is 0.692. The van der Waals surface area contributed by atoms with Crippen LogP contribution in [-0.4, -0.2) is 26.0 Å². The van der Waals surface area contributed by atoms with Crippen LogP contribution < -0.4 is 0 Å². The zero-order chi connectivity index (χ0) is 12.9. The van der Waals surface area contributed by atoms with Crippen molar-refractivity contribution < 1.29 is 5.11 Å². The highest BCUT2D eigenvalue weighted by molar-refractivity contribution is 5.49. The first-order valence-corrected chi connectivity index (χ1v) is 6.20. The molecular weight excluding hydrogens is 214 g/mol. The molecule has 1 heterocycles. The molecule has 0 fully saturated rings. The fourth-order valence-corrected chi connectivity index (χ4v) is 1.57. The molecular formula is C13H23N3O. The van der Waals surface area contributed by atoms with E-state index >= 15 is 0 Å². The third-order valence-electron chi connectivity index (χ3n) is 2.69. The molecule has 0 aromatic carbocycles. The van der Waals surface area contributed by atoms with Crippen molar-refractivity contribution in [3.05, 3.63) is 18.7 Å². The van der Waals surface area contributed by atoms with Crippen LogP contribution in [0.3, 0.4) is 0 Å². The van der Waals surface area contributed by atoms with Crippen LogP contribution in [0.4, 0.5) is 0 Å². The van der Waals surface area contributed by atoms with E-state index in [0.29, 0.717) is 0 Å². The molecule has 0 aliphatic carbocycles. The highest BCUT2D eigenvalue weighted by atomic mass is 16.3. The summed E-state index contributed by atoms with van der Waals surface area (Å²) in [6.45, 7) is 8.20. The van der Waals surface area contributed by atoms with Crippen LogP contribution in [0.1, 0.15) is 47.0 Å². The van der Waals surface area contributed by atoms with Crippen molar-refractivity contribution in [2.75, 3.05) is 0 Å². The van der Waals surface area contributed by atoms with Crippen molar-refractivity contribution in [3.63, 3.8) is 0 Å². The lowest BCUT2D eigenvalue weighted by Gasteiger charge is -2.27. The second-order valence-corrected chi connectivity index (χ2v) is 5.38. The standard InChI is InChI=1S/C13H23N3O/c1-5-6-7-8-11(12(17)13(2,3)4)16-10-14-9-15-16/h8-10,12,17H,5-7H2,1-4H3/b11-8-. The van der Waals surface area contributed by atoms with Gasteiger partial charge in [-0.25, -0.2) is 9.67 Å². The average Bonchev–Trinajstić information content (AvgIpc) is 2.75. The number of unbranched alkanes of at least 4 members (excludes halogenated alkanes) is 2. The normalized spacial score (nSPS) is 15.0. The largest absolute Gasteiger partial charge is 0.386 e. The zero-order valence-electron chi connectivity index (χ0n) is 11.2. The van der Waals surface area contributed by atoms with Crippen LogP contribution in [0.15, 0.2) is 18.7 Å². The van der Waals surface area contributed by atoms with Crippen LogP contribution >= 0.6 is 0 Å². The van der Waals surface area contributed by atoms with Gasteiger partial charge < -0.3 is 5.11 Å². The second kappa shape index (κ2) is 5.96. The summed E-state index contributed by atoms with van der Waals surface area (Å²) in [5, 5.41) is 14.5. The van der Waals surface area contributed by atoms with Crippen LogP contribution in [0.5, 0.6) is 0 Å². The number of aliphatic hydroxyl groups excluding tert-OH is 1. The van der Waals surface area contributed by atoms with Gasteiger partial charge in [-0.2, -0.15) is 5.10 Å². The maximum absolute atomic E-state index is 10.4. The minimum absolute atomic E-state index is 0.204. The van der Waals surface area contributed by atoms with Crippen LogP contribution in [0.25, 0.3) is 5.70 Å². The summed E-state index contributed by atoms with van der Waals surface area (Å²) in [6, 6.07) is 0. The van der Waals surface area contributed by atoms with Gasteiger partial charge in [-0.15, -0.1) is 0 Å². The summed E-state index contributed by atoms with van der Waals surface area (Å²) >= 11 is 0. The molecule has 0 amide bonds. The van der Waals surface area contributed by atoms with Crippen LogP contribution in [0.2, 0.25) is 0 Å². The van der Waals surface area contributed by atoms with Gasteiger partial charge in [-0.05, 0) is 11.8 Å². The van der Waals surface area contributed by atoms with E-state index in [9.17, 15) is 5.11 Å². The number of aromatic nitrogens is 3. The number of nitrogens with zero attached hydrogens (tertiary/aromatic N) is 3. The topological polar surface area (TPSA) is 50.9 Å². The third kappa shape index (κ3) is 3.97. The molecule has 0 bridgehead atoms. The molecule has 1 unspecified atom stereocenters. The Hall–Kier alpha value is -1.16. The number of allylic oxidation sites excluding steroid dienone is 1. The maximum Gasteiger partial charge on any atom is 0.138 e. The Balaban J connectivity index is 2.91. The van der Waals surface area contributed by atoms with Crippen molar-refractivity contribution in [3.8, 4) is 0 Å². The molecule has 0 aliphatic heterocycles. The summed E-state index contributed by atoms with van der Waals surface area (Å²) in [6.07, 6.45) is 7.87. The van der Waals surface area contributed by atoms with Gasteiger partial charge >= 0.3 is 0 Å². The molecule has 1 atom stereocenters. The van der Waals surface area contributed by atoms with Gasteiger partial charge in [0.05, 0.1) is 5.70 Å². The zero-order valence-corrected chi connectivity index (χ0v) is 11.2. The van der Waals surface area contributed by atoms with E-state index in [0.717, 1.165) is 25.0 Å². The second-order valence-electron chi connectivity index (χ2n) is 5.38. The Labute approximate surface area is 103 Å². The van der Waals surface area contributed by atoms with E-state index in [2.05, 4.69) is 23.1 Å². The minimum atomic E-state index is -0.541. The predicted octanol–water partition coefficient (Wildman–Crippen LogP) is 2.72. The lowest BCUT2D eigenvalue weighted by atomic mass is 9.87. The van der Waals surface area contributed by atoms with Gasteiger partial charge in [0.1, 0.15) is 18.8 Å².